The molecule has 0 saturated heterocycles. The van der Waals surface area contributed by atoms with Gasteiger partial charge in [0, 0.05) is 19.3 Å². The van der Waals surface area contributed by atoms with Gasteiger partial charge in [0.1, 0.15) is 11.3 Å². The minimum absolute atomic E-state index is 0.0778. The summed E-state index contributed by atoms with van der Waals surface area (Å²) in [6.07, 6.45) is -1.26. The summed E-state index contributed by atoms with van der Waals surface area (Å²) < 4.78 is 72.5. The molecule has 228 valence electrons. The average molecular weight is 597 g/mol. The molecule has 2 saturated carbocycles. The van der Waals surface area contributed by atoms with Crippen molar-refractivity contribution < 1.29 is 36.1 Å². The molecule has 3 aromatic rings. The van der Waals surface area contributed by atoms with E-state index in [2.05, 4.69) is 20.9 Å². The predicted molar refractivity (Wildman–Crippen MR) is 140 cm³/mol. The molecule has 3 heterocycles. The maximum Gasteiger partial charge on any atom is 0.389 e. The lowest BCUT2D eigenvalue weighted by molar-refractivity contribution is -0.144. The molecule has 0 radical (unpaired) electrons. The summed E-state index contributed by atoms with van der Waals surface area (Å²) in [7, 11) is 0. The standard InChI is InChI=1S/C28H33F5N6O3/c1-3-19-23(15(2)42-38-19)26(41)37-25(17-6-9-27(29,30)10-7-17)20-14-39-21(35-20)12-18(13-34-39)24(16-4-5-16)36-22(40)8-11-28(31,32)33/h12-14,16-17,24-25H,3-11H2,1-2H3,(H,36,40)(H,37,41)/t24-,25+/m1/s1. The SMILES string of the molecule is CCc1noc(C)c1C(=O)N[C@H](c1cn2ncc([C@H](NC(=O)CCC(F)(F)F)C3CC3)cc2n1)C1CCC(F)(F)CC1. The molecule has 2 fully saturated rings. The van der Waals surface area contributed by atoms with Gasteiger partial charge in [0.25, 0.3) is 5.91 Å². The van der Waals surface area contributed by atoms with Crippen LogP contribution in [0, 0.1) is 18.8 Å². The molecule has 0 bridgehead atoms. The number of aromatic nitrogens is 4. The van der Waals surface area contributed by atoms with Crippen molar-refractivity contribution in [2.24, 2.45) is 11.8 Å². The number of nitrogens with zero attached hydrogens (tertiary/aromatic N) is 4. The monoisotopic (exact) mass is 596 g/mol. The summed E-state index contributed by atoms with van der Waals surface area (Å²) in [6.45, 7) is 3.47. The molecule has 2 aliphatic rings. The van der Waals surface area contributed by atoms with E-state index in [1.807, 2.05) is 6.92 Å². The average Bonchev–Trinajstić information content (AvgIpc) is 3.57. The summed E-state index contributed by atoms with van der Waals surface area (Å²) in [5.74, 6) is -3.77. The molecule has 0 unspecified atom stereocenters. The summed E-state index contributed by atoms with van der Waals surface area (Å²) in [5.41, 5.74) is 2.24. The molecule has 14 heteroatoms. The Morgan fingerprint density at radius 3 is 2.45 bits per heavy atom. The van der Waals surface area contributed by atoms with E-state index >= 15 is 0 Å². The summed E-state index contributed by atoms with van der Waals surface area (Å²) in [5, 5.41) is 14.1. The van der Waals surface area contributed by atoms with Crippen LogP contribution in [0.5, 0.6) is 0 Å². The van der Waals surface area contributed by atoms with E-state index in [1.54, 1.807) is 19.2 Å². The van der Waals surface area contributed by atoms with Crippen LogP contribution in [0.4, 0.5) is 22.0 Å². The van der Waals surface area contributed by atoms with Crippen LogP contribution in [0.25, 0.3) is 5.65 Å². The number of fused-ring (bicyclic) bond motifs is 1. The molecule has 5 rings (SSSR count). The topological polar surface area (TPSA) is 114 Å². The van der Waals surface area contributed by atoms with Gasteiger partial charge in [-0.25, -0.2) is 18.3 Å². The van der Waals surface area contributed by atoms with Crippen molar-refractivity contribution in [2.45, 2.75) is 95.8 Å². The molecule has 0 aromatic carbocycles. The van der Waals surface area contributed by atoms with Crippen molar-refractivity contribution in [3.8, 4) is 0 Å². The van der Waals surface area contributed by atoms with Gasteiger partial charge >= 0.3 is 6.18 Å². The maximum atomic E-state index is 14.0. The number of alkyl halides is 5. The van der Waals surface area contributed by atoms with E-state index in [1.165, 1.54) is 10.7 Å². The summed E-state index contributed by atoms with van der Waals surface area (Å²) in [6, 6.07) is 0.499. The molecule has 2 atom stereocenters. The van der Waals surface area contributed by atoms with Gasteiger partial charge in [0.05, 0.1) is 42.3 Å². The van der Waals surface area contributed by atoms with Crippen LogP contribution in [-0.4, -0.2) is 43.7 Å². The van der Waals surface area contributed by atoms with Crippen LogP contribution in [-0.2, 0) is 11.2 Å². The number of hydrogen-bond acceptors (Lipinski definition) is 6. The van der Waals surface area contributed by atoms with Gasteiger partial charge in [-0.15, -0.1) is 0 Å². The van der Waals surface area contributed by atoms with E-state index in [9.17, 15) is 31.5 Å². The van der Waals surface area contributed by atoms with E-state index < -0.39 is 48.8 Å². The molecular weight excluding hydrogens is 563 g/mol. The fourth-order valence-electron chi connectivity index (χ4n) is 5.63. The summed E-state index contributed by atoms with van der Waals surface area (Å²) >= 11 is 0. The fourth-order valence-corrected chi connectivity index (χ4v) is 5.63. The highest BCUT2D eigenvalue weighted by Gasteiger charge is 2.40. The van der Waals surface area contributed by atoms with E-state index in [0.717, 1.165) is 12.8 Å². The number of rotatable bonds is 10. The van der Waals surface area contributed by atoms with Gasteiger partial charge in [0.2, 0.25) is 11.8 Å². The third kappa shape index (κ3) is 6.89. The van der Waals surface area contributed by atoms with Crippen molar-refractivity contribution in [3.63, 3.8) is 0 Å². The minimum Gasteiger partial charge on any atom is -0.361 e. The number of carbonyl (C=O) groups excluding carboxylic acids is 2. The van der Waals surface area contributed by atoms with E-state index in [4.69, 9.17) is 9.51 Å². The van der Waals surface area contributed by atoms with Crippen LogP contribution in [0.3, 0.4) is 0 Å². The third-order valence-electron chi connectivity index (χ3n) is 8.10. The Balaban J connectivity index is 1.41. The molecule has 2 N–H and O–H groups in total. The van der Waals surface area contributed by atoms with E-state index in [-0.39, 0.29) is 37.5 Å². The Labute approximate surface area is 238 Å². The van der Waals surface area contributed by atoms with Crippen LogP contribution in [0.1, 0.15) is 103 Å². The second-order valence-corrected chi connectivity index (χ2v) is 11.3. The Morgan fingerprint density at radius 1 is 1.12 bits per heavy atom. The first-order valence-electron chi connectivity index (χ1n) is 14.2. The van der Waals surface area contributed by atoms with Gasteiger partial charge in [-0.2, -0.15) is 18.3 Å². The molecular formula is C28H33F5N6O3. The van der Waals surface area contributed by atoms with Gasteiger partial charge in [0.15, 0.2) is 5.65 Å². The molecule has 0 spiro atoms. The number of hydrogen-bond donors (Lipinski definition) is 2. The molecule has 0 aliphatic heterocycles. The lowest BCUT2D eigenvalue weighted by Gasteiger charge is -2.33. The maximum absolute atomic E-state index is 14.0. The second kappa shape index (κ2) is 11.6. The number of amides is 2. The number of carbonyl (C=O) groups is 2. The Bertz CT molecular complexity index is 1440. The lowest BCUT2D eigenvalue weighted by Crippen LogP contribution is -2.37. The van der Waals surface area contributed by atoms with Gasteiger partial charge in [-0.3, -0.25) is 9.59 Å². The highest BCUT2D eigenvalue weighted by molar-refractivity contribution is 5.96. The predicted octanol–water partition coefficient (Wildman–Crippen LogP) is 5.79. The molecule has 3 aromatic heterocycles. The second-order valence-electron chi connectivity index (χ2n) is 11.3. The Kier molecular flexibility index (Phi) is 8.26. The number of nitrogens with one attached hydrogen (secondary N) is 2. The zero-order valence-corrected chi connectivity index (χ0v) is 23.3. The Morgan fingerprint density at radius 2 is 1.81 bits per heavy atom. The van der Waals surface area contributed by atoms with Crippen LogP contribution in [0.2, 0.25) is 0 Å². The normalized spacial score (nSPS) is 19.0. The van der Waals surface area contributed by atoms with Crippen molar-refractivity contribution in [3.05, 3.63) is 46.7 Å². The fraction of sp³-hybridized carbons (Fsp3) is 0.607. The number of halogens is 5. The van der Waals surface area contributed by atoms with Crippen molar-refractivity contribution in [2.75, 3.05) is 0 Å². The van der Waals surface area contributed by atoms with Gasteiger partial charge in [-0.1, -0.05) is 12.1 Å². The van der Waals surface area contributed by atoms with Crippen LogP contribution >= 0.6 is 0 Å². The first kappa shape index (κ1) is 29.9. The van der Waals surface area contributed by atoms with Gasteiger partial charge < -0.3 is 15.2 Å². The van der Waals surface area contributed by atoms with Crippen molar-refractivity contribution in [1.29, 1.82) is 0 Å². The highest BCUT2D eigenvalue weighted by atomic mass is 19.4. The highest BCUT2D eigenvalue weighted by Crippen LogP contribution is 2.43. The molecule has 2 aliphatic carbocycles. The zero-order chi connectivity index (χ0) is 30.2. The van der Waals surface area contributed by atoms with Crippen molar-refractivity contribution in [1.82, 2.24) is 30.4 Å². The van der Waals surface area contributed by atoms with Crippen molar-refractivity contribution >= 4 is 17.5 Å². The molecule has 2 amide bonds. The molecule has 9 nitrogen and oxygen atoms in total. The lowest BCUT2D eigenvalue weighted by atomic mass is 9.81. The van der Waals surface area contributed by atoms with Gasteiger partial charge in [-0.05, 0) is 62.5 Å². The first-order chi connectivity index (χ1) is 19.8. The zero-order valence-electron chi connectivity index (χ0n) is 23.3. The van der Waals surface area contributed by atoms with Crippen LogP contribution < -0.4 is 10.6 Å². The smallest absolute Gasteiger partial charge is 0.361 e. The van der Waals surface area contributed by atoms with E-state index in [0.29, 0.717) is 40.3 Å². The summed E-state index contributed by atoms with van der Waals surface area (Å²) in [4.78, 5) is 30.4. The van der Waals surface area contributed by atoms with Crippen LogP contribution in [0.15, 0.2) is 23.0 Å². The first-order valence-corrected chi connectivity index (χ1v) is 14.2. The number of aryl methyl sites for hydroxylation is 2. The third-order valence-corrected chi connectivity index (χ3v) is 8.10. The molecule has 42 heavy (non-hydrogen) atoms. The largest absolute Gasteiger partial charge is 0.389 e. The minimum atomic E-state index is -4.43. The quantitative estimate of drug-likeness (QED) is 0.286. The number of imidazole rings is 1. The Hall–Kier alpha value is -3.58.